The van der Waals surface area contributed by atoms with E-state index in [4.69, 9.17) is 5.73 Å². The van der Waals surface area contributed by atoms with Gasteiger partial charge in [0.25, 0.3) is 11.6 Å². The van der Waals surface area contributed by atoms with Crippen molar-refractivity contribution in [2.45, 2.75) is 32.2 Å². The van der Waals surface area contributed by atoms with E-state index in [2.05, 4.69) is 5.32 Å². The van der Waals surface area contributed by atoms with E-state index in [1.165, 1.54) is 0 Å². The van der Waals surface area contributed by atoms with Crippen molar-refractivity contribution in [2.75, 3.05) is 6.54 Å². The molecule has 1 rings (SSSR count). The summed E-state index contributed by atoms with van der Waals surface area (Å²) < 4.78 is 13.6. The number of nitrogens with zero attached hydrogens (tertiary/aromatic N) is 1. The van der Waals surface area contributed by atoms with Crippen molar-refractivity contribution >= 4 is 11.6 Å². The molecule has 6 nitrogen and oxygen atoms in total. The number of nitrogens with one attached hydrogen (secondary N) is 1. The lowest BCUT2D eigenvalue weighted by Gasteiger charge is -2.26. The van der Waals surface area contributed by atoms with Crippen LogP contribution in [0.5, 0.6) is 0 Å². The Morgan fingerprint density at radius 1 is 1.45 bits per heavy atom. The van der Waals surface area contributed by atoms with Crippen LogP contribution in [0.4, 0.5) is 10.1 Å². The van der Waals surface area contributed by atoms with E-state index in [1.54, 1.807) is 0 Å². The Bertz CT molecular complexity index is 516. The number of hydrogen-bond acceptors (Lipinski definition) is 4. The topological polar surface area (TPSA) is 98.3 Å². The molecule has 0 aliphatic carbocycles. The molecule has 0 aliphatic heterocycles. The van der Waals surface area contributed by atoms with Crippen molar-refractivity contribution in [2.24, 2.45) is 5.73 Å². The maximum atomic E-state index is 13.6. The molecule has 0 unspecified atom stereocenters. The first kappa shape index (κ1) is 16.0. The number of rotatable bonds is 6. The highest BCUT2D eigenvalue weighted by Gasteiger charge is 2.23. The minimum Gasteiger partial charge on any atom is -0.350 e. The Labute approximate surface area is 116 Å². The molecule has 0 heterocycles. The summed E-state index contributed by atoms with van der Waals surface area (Å²) in [6, 6.07) is 2.83. The van der Waals surface area contributed by atoms with Crippen LogP contribution >= 0.6 is 0 Å². The van der Waals surface area contributed by atoms with Crippen LogP contribution in [-0.2, 0) is 0 Å². The summed E-state index contributed by atoms with van der Waals surface area (Å²) in [6.07, 6.45) is 1.31. The number of carbonyl (C=O) groups excluding carboxylic acids is 1. The smallest absolute Gasteiger partial charge is 0.270 e. The van der Waals surface area contributed by atoms with Gasteiger partial charge < -0.3 is 11.1 Å². The van der Waals surface area contributed by atoms with Crippen LogP contribution < -0.4 is 11.1 Å². The summed E-state index contributed by atoms with van der Waals surface area (Å²) in [5, 5.41) is 13.2. The van der Waals surface area contributed by atoms with Gasteiger partial charge in [0.2, 0.25) is 0 Å². The summed E-state index contributed by atoms with van der Waals surface area (Å²) in [6.45, 7) is 3.97. The fourth-order valence-electron chi connectivity index (χ4n) is 1.65. The number of benzene rings is 1. The quantitative estimate of drug-likeness (QED) is 0.616. The van der Waals surface area contributed by atoms with Crippen LogP contribution in [0.15, 0.2) is 18.2 Å². The van der Waals surface area contributed by atoms with E-state index >= 15 is 0 Å². The van der Waals surface area contributed by atoms with Crippen LogP contribution in [0.25, 0.3) is 0 Å². The third-order valence-electron chi connectivity index (χ3n) is 3.41. The molecule has 7 heteroatoms. The van der Waals surface area contributed by atoms with Gasteiger partial charge in [-0.2, -0.15) is 0 Å². The summed E-state index contributed by atoms with van der Waals surface area (Å²) in [5.74, 6) is -1.51. The van der Waals surface area contributed by atoms with Gasteiger partial charge in [-0.25, -0.2) is 4.39 Å². The Kier molecular flexibility index (Phi) is 5.15. The van der Waals surface area contributed by atoms with Crippen LogP contribution in [0.1, 0.15) is 37.0 Å². The Hall–Kier alpha value is -2.02. The first-order chi connectivity index (χ1) is 9.33. The van der Waals surface area contributed by atoms with Gasteiger partial charge in [0, 0.05) is 24.2 Å². The number of non-ortho nitro benzene ring substituents is 1. The van der Waals surface area contributed by atoms with Gasteiger partial charge in [-0.1, -0.05) is 13.8 Å². The molecule has 0 fully saturated rings. The normalized spacial score (nSPS) is 11.2. The lowest BCUT2D eigenvalue weighted by Crippen LogP contribution is -2.49. The summed E-state index contributed by atoms with van der Waals surface area (Å²) >= 11 is 0. The Morgan fingerprint density at radius 2 is 2.05 bits per heavy atom. The predicted octanol–water partition coefficient (Wildman–Crippen LogP) is 1.98. The fraction of sp³-hybridized carbons (Fsp3) is 0.462. The van der Waals surface area contributed by atoms with Crippen molar-refractivity contribution in [3.63, 3.8) is 0 Å². The standard InChI is InChI=1S/C13H18FN3O3/c1-3-13(15,4-2)8-16-12(18)10-7-9(17(19)20)5-6-11(10)14/h5-7H,3-4,8,15H2,1-2H3,(H,16,18). The molecule has 0 aromatic heterocycles. The largest absolute Gasteiger partial charge is 0.350 e. The maximum Gasteiger partial charge on any atom is 0.270 e. The average molecular weight is 283 g/mol. The highest BCUT2D eigenvalue weighted by Crippen LogP contribution is 2.17. The lowest BCUT2D eigenvalue weighted by molar-refractivity contribution is -0.384. The van der Waals surface area contributed by atoms with Crippen LogP contribution in [0.3, 0.4) is 0 Å². The number of hydrogen-bond donors (Lipinski definition) is 2. The summed E-state index contributed by atoms with van der Waals surface area (Å²) in [7, 11) is 0. The molecule has 1 aromatic rings. The fourth-order valence-corrected chi connectivity index (χ4v) is 1.65. The molecule has 110 valence electrons. The number of carbonyl (C=O) groups is 1. The molecule has 0 radical (unpaired) electrons. The second-order valence-electron chi connectivity index (χ2n) is 4.67. The minimum atomic E-state index is -0.802. The first-order valence-electron chi connectivity index (χ1n) is 6.34. The molecular weight excluding hydrogens is 265 g/mol. The number of nitro groups is 1. The van der Waals surface area contributed by atoms with E-state index in [9.17, 15) is 19.3 Å². The van der Waals surface area contributed by atoms with Gasteiger partial charge in [-0.05, 0) is 18.9 Å². The maximum absolute atomic E-state index is 13.6. The predicted molar refractivity (Wildman–Crippen MR) is 72.9 cm³/mol. The number of amides is 1. The van der Waals surface area contributed by atoms with Gasteiger partial charge in [0.15, 0.2) is 0 Å². The second kappa shape index (κ2) is 6.42. The highest BCUT2D eigenvalue weighted by atomic mass is 19.1. The molecule has 1 amide bonds. The summed E-state index contributed by atoms with van der Waals surface area (Å²) in [4.78, 5) is 21.8. The number of nitrogens with two attached hydrogens (primary N) is 1. The lowest BCUT2D eigenvalue weighted by atomic mass is 9.94. The van der Waals surface area contributed by atoms with E-state index in [1.807, 2.05) is 13.8 Å². The van der Waals surface area contributed by atoms with Gasteiger partial charge in [-0.15, -0.1) is 0 Å². The second-order valence-corrected chi connectivity index (χ2v) is 4.67. The van der Waals surface area contributed by atoms with Gasteiger partial charge in [-0.3, -0.25) is 14.9 Å². The molecule has 0 bridgehead atoms. The molecule has 0 saturated carbocycles. The molecule has 0 aliphatic rings. The monoisotopic (exact) mass is 283 g/mol. The molecule has 0 atom stereocenters. The first-order valence-corrected chi connectivity index (χ1v) is 6.34. The van der Waals surface area contributed by atoms with Crippen molar-refractivity contribution in [3.05, 3.63) is 39.7 Å². The van der Waals surface area contributed by atoms with Crippen LogP contribution in [0, 0.1) is 15.9 Å². The molecule has 0 saturated heterocycles. The van der Waals surface area contributed by atoms with Crippen molar-refractivity contribution in [1.29, 1.82) is 0 Å². The third-order valence-corrected chi connectivity index (χ3v) is 3.41. The summed E-state index contributed by atoms with van der Waals surface area (Å²) in [5.41, 5.74) is 4.77. The highest BCUT2D eigenvalue weighted by molar-refractivity contribution is 5.95. The van der Waals surface area contributed by atoms with Crippen LogP contribution in [-0.4, -0.2) is 22.9 Å². The van der Waals surface area contributed by atoms with E-state index in [0.717, 1.165) is 18.2 Å². The van der Waals surface area contributed by atoms with Crippen molar-refractivity contribution < 1.29 is 14.1 Å². The third kappa shape index (κ3) is 3.74. The Balaban J connectivity index is 2.87. The zero-order valence-electron chi connectivity index (χ0n) is 11.5. The van der Waals surface area contributed by atoms with Crippen molar-refractivity contribution in [3.8, 4) is 0 Å². The van der Waals surface area contributed by atoms with E-state index < -0.39 is 22.2 Å². The average Bonchev–Trinajstić information content (AvgIpc) is 2.44. The molecular formula is C13H18FN3O3. The zero-order chi connectivity index (χ0) is 15.3. The molecule has 20 heavy (non-hydrogen) atoms. The van der Waals surface area contributed by atoms with Gasteiger partial charge in [0.1, 0.15) is 5.82 Å². The van der Waals surface area contributed by atoms with Gasteiger partial charge in [0.05, 0.1) is 10.5 Å². The Morgan fingerprint density at radius 3 is 2.55 bits per heavy atom. The van der Waals surface area contributed by atoms with E-state index in [0.29, 0.717) is 12.8 Å². The zero-order valence-corrected chi connectivity index (χ0v) is 11.5. The molecule has 0 spiro atoms. The minimum absolute atomic E-state index is 0.182. The molecule has 3 N–H and O–H groups in total. The SMILES string of the molecule is CCC(N)(CC)CNC(=O)c1cc([N+](=O)[O-])ccc1F. The van der Waals surface area contributed by atoms with E-state index in [-0.39, 0.29) is 17.8 Å². The van der Waals surface area contributed by atoms with Crippen LogP contribution in [0.2, 0.25) is 0 Å². The molecule has 1 aromatic carbocycles. The van der Waals surface area contributed by atoms with Gasteiger partial charge >= 0.3 is 0 Å². The number of halogens is 1. The number of nitro benzene ring substituents is 1. The van der Waals surface area contributed by atoms with Crippen molar-refractivity contribution in [1.82, 2.24) is 5.32 Å².